The minimum atomic E-state index is -0.281. The molecule has 1 N–H and O–H groups in total. The topological polar surface area (TPSA) is 68.5 Å². The number of carbonyl (C=O) groups excluding carboxylic acids is 2. The van der Waals surface area contributed by atoms with E-state index in [2.05, 4.69) is 5.32 Å². The molecule has 0 saturated heterocycles. The zero-order valence-corrected chi connectivity index (χ0v) is 12.9. The summed E-state index contributed by atoms with van der Waals surface area (Å²) in [6, 6.07) is 10.3. The van der Waals surface area contributed by atoms with E-state index in [9.17, 15) is 9.59 Å². The molecule has 22 heavy (non-hydrogen) atoms. The number of rotatable bonds is 6. The lowest BCUT2D eigenvalue weighted by Crippen LogP contribution is -2.35. The second-order valence-electron chi connectivity index (χ2n) is 5.13. The molecule has 0 aliphatic rings. The van der Waals surface area contributed by atoms with E-state index in [0.717, 1.165) is 5.56 Å². The summed E-state index contributed by atoms with van der Waals surface area (Å²) in [7, 11) is 1.58. The fourth-order valence-corrected chi connectivity index (χ4v) is 2.07. The second kappa shape index (κ2) is 7.04. The largest absolute Gasteiger partial charge is 0.451 e. The first-order chi connectivity index (χ1) is 10.5. The second-order valence-corrected chi connectivity index (χ2v) is 5.13. The molecule has 5 heteroatoms. The van der Waals surface area contributed by atoms with Crippen molar-refractivity contribution < 1.29 is 18.7 Å². The number of benzene rings is 1. The number of ether oxygens (including phenoxy) is 1. The van der Waals surface area contributed by atoms with Crippen molar-refractivity contribution in [1.29, 1.82) is 0 Å². The number of furan rings is 1. The van der Waals surface area contributed by atoms with Gasteiger partial charge in [0, 0.05) is 24.3 Å². The molecule has 1 amide bonds. The molecule has 116 valence electrons. The van der Waals surface area contributed by atoms with Gasteiger partial charge >= 0.3 is 0 Å². The number of ketones is 1. The number of nitrogens with one attached hydrogen (secondary N) is 1. The highest BCUT2D eigenvalue weighted by atomic mass is 16.5. The van der Waals surface area contributed by atoms with Crippen LogP contribution in [0.1, 0.15) is 34.8 Å². The van der Waals surface area contributed by atoms with E-state index in [-0.39, 0.29) is 23.5 Å². The fourth-order valence-electron chi connectivity index (χ4n) is 2.07. The van der Waals surface area contributed by atoms with Crippen LogP contribution in [0.3, 0.4) is 0 Å². The quantitative estimate of drug-likeness (QED) is 0.833. The van der Waals surface area contributed by atoms with Crippen molar-refractivity contribution in [3.8, 4) is 11.3 Å². The summed E-state index contributed by atoms with van der Waals surface area (Å²) < 4.78 is 10.5. The molecule has 0 fully saturated rings. The summed E-state index contributed by atoms with van der Waals surface area (Å²) in [5.74, 6) is 0.558. The highest BCUT2D eigenvalue weighted by molar-refractivity contribution is 5.94. The third-order valence-electron chi connectivity index (χ3n) is 3.20. The SMILES string of the molecule is COCC(C)NC(=O)c1ccc(-c2ccc(C(C)=O)cc2)o1. The van der Waals surface area contributed by atoms with Crippen LogP contribution in [-0.2, 0) is 4.74 Å². The maximum Gasteiger partial charge on any atom is 0.287 e. The molecule has 2 rings (SSSR count). The Morgan fingerprint density at radius 1 is 1.18 bits per heavy atom. The van der Waals surface area contributed by atoms with Crippen molar-refractivity contribution in [2.75, 3.05) is 13.7 Å². The van der Waals surface area contributed by atoms with Crippen molar-refractivity contribution >= 4 is 11.7 Å². The minimum absolute atomic E-state index is 0.0122. The number of hydrogen-bond acceptors (Lipinski definition) is 4. The standard InChI is InChI=1S/C17H19NO4/c1-11(10-21-3)18-17(20)16-9-8-15(22-16)14-6-4-13(5-7-14)12(2)19/h4-9,11H,10H2,1-3H3,(H,18,20). The molecule has 0 aliphatic heterocycles. The lowest BCUT2D eigenvalue weighted by molar-refractivity contribution is 0.0878. The van der Waals surface area contributed by atoms with Gasteiger partial charge in [-0.1, -0.05) is 24.3 Å². The summed E-state index contributed by atoms with van der Waals surface area (Å²) in [6.45, 7) is 3.81. The van der Waals surface area contributed by atoms with E-state index >= 15 is 0 Å². The van der Waals surface area contributed by atoms with Gasteiger partial charge in [0.1, 0.15) is 5.76 Å². The molecule has 0 bridgehead atoms. The molecule has 0 radical (unpaired) electrons. The highest BCUT2D eigenvalue weighted by Crippen LogP contribution is 2.22. The van der Waals surface area contributed by atoms with Crippen LogP contribution in [0.5, 0.6) is 0 Å². The third-order valence-corrected chi connectivity index (χ3v) is 3.20. The Morgan fingerprint density at radius 2 is 1.86 bits per heavy atom. The van der Waals surface area contributed by atoms with Crippen LogP contribution in [0.25, 0.3) is 11.3 Å². The number of amides is 1. The summed E-state index contributed by atoms with van der Waals surface area (Å²) >= 11 is 0. The summed E-state index contributed by atoms with van der Waals surface area (Å²) in [4.78, 5) is 23.3. The molecule has 0 saturated carbocycles. The summed E-state index contributed by atoms with van der Waals surface area (Å²) in [5.41, 5.74) is 1.45. The third kappa shape index (κ3) is 3.83. The van der Waals surface area contributed by atoms with E-state index in [1.165, 1.54) is 6.92 Å². The maximum absolute atomic E-state index is 12.0. The lowest BCUT2D eigenvalue weighted by atomic mass is 10.1. The molecule has 1 aromatic carbocycles. The molecule has 1 atom stereocenters. The predicted molar refractivity (Wildman–Crippen MR) is 83.0 cm³/mol. The van der Waals surface area contributed by atoms with Gasteiger partial charge in [0.15, 0.2) is 11.5 Å². The molecule has 5 nitrogen and oxygen atoms in total. The molecule has 0 aliphatic carbocycles. The van der Waals surface area contributed by atoms with Crippen LogP contribution in [0.4, 0.5) is 0 Å². The van der Waals surface area contributed by atoms with Crippen molar-refractivity contribution in [3.63, 3.8) is 0 Å². The Balaban J connectivity index is 2.10. The first kappa shape index (κ1) is 16.0. The fraction of sp³-hybridized carbons (Fsp3) is 0.294. The van der Waals surface area contributed by atoms with Crippen LogP contribution in [0.15, 0.2) is 40.8 Å². The summed E-state index contributed by atoms with van der Waals surface area (Å²) in [5, 5.41) is 2.78. The lowest BCUT2D eigenvalue weighted by Gasteiger charge is -2.11. The van der Waals surface area contributed by atoms with Crippen LogP contribution < -0.4 is 5.32 Å². The number of Topliss-reactive ketones (excluding diaryl/α,β-unsaturated/α-hetero) is 1. The van der Waals surface area contributed by atoms with Gasteiger partial charge in [-0.15, -0.1) is 0 Å². The van der Waals surface area contributed by atoms with Gasteiger partial charge in [-0.2, -0.15) is 0 Å². The van der Waals surface area contributed by atoms with E-state index in [1.807, 2.05) is 6.92 Å². The van der Waals surface area contributed by atoms with Gasteiger partial charge in [0.25, 0.3) is 5.91 Å². The first-order valence-corrected chi connectivity index (χ1v) is 7.02. The number of methoxy groups -OCH3 is 1. The smallest absolute Gasteiger partial charge is 0.287 e. The minimum Gasteiger partial charge on any atom is -0.451 e. The molecular weight excluding hydrogens is 282 g/mol. The Kier molecular flexibility index (Phi) is 5.12. The van der Waals surface area contributed by atoms with Crippen molar-refractivity contribution in [1.82, 2.24) is 5.32 Å². The van der Waals surface area contributed by atoms with Crippen LogP contribution in [0.2, 0.25) is 0 Å². The Morgan fingerprint density at radius 3 is 2.45 bits per heavy atom. The van der Waals surface area contributed by atoms with Gasteiger partial charge in [-0.3, -0.25) is 9.59 Å². The van der Waals surface area contributed by atoms with E-state index < -0.39 is 0 Å². The molecular formula is C17H19NO4. The Labute approximate surface area is 129 Å². The van der Waals surface area contributed by atoms with Gasteiger partial charge < -0.3 is 14.5 Å². The highest BCUT2D eigenvalue weighted by Gasteiger charge is 2.14. The molecule has 2 aromatic rings. The van der Waals surface area contributed by atoms with E-state index in [0.29, 0.717) is 17.9 Å². The number of carbonyl (C=O) groups is 2. The van der Waals surface area contributed by atoms with Crippen LogP contribution >= 0.6 is 0 Å². The van der Waals surface area contributed by atoms with Gasteiger partial charge in [-0.25, -0.2) is 0 Å². The molecule has 1 heterocycles. The average molecular weight is 301 g/mol. The van der Waals surface area contributed by atoms with E-state index in [4.69, 9.17) is 9.15 Å². The van der Waals surface area contributed by atoms with E-state index in [1.54, 1.807) is 43.5 Å². The number of hydrogen-bond donors (Lipinski definition) is 1. The van der Waals surface area contributed by atoms with Crippen molar-refractivity contribution in [2.45, 2.75) is 19.9 Å². The summed E-state index contributed by atoms with van der Waals surface area (Å²) in [6.07, 6.45) is 0. The first-order valence-electron chi connectivity index (χ1n) is 7.02. The van der Waals surface area contributed by atoms with Crippen molar-refractivity contribution in [3.05, 3.63) is 47.7 Å². The predicted octanol–water partition coefficient (Wildman–Crippen LogP) is 2.91. The molecule has 1 aromatic heterocycles. The molecule has 0 spiro atoms. The average Bonchev–Trinajstić information content (AvgIpc) is 2.97. The van der Waals surface area contributed by atoms with Crippen LogP contribution in [0, 0.1) is 0 Å². The van der Waals surface area contributed by atoms with Crippen molar-refractivity contribution in [2.24, 2.45) is 0 Å². The maximum atomic E-state index is 12.0. The molecule has 1 unspecified atom stereocenters. The van der Waals surface area contributed by atoms with Gasteiger partial charge in [0.05, 0.1) is 6.61 Å². The van der Waals surface area contributed by atoms with Gasteiger partial charge in [-0.05, 0) is 26.0 Å². The monoisotopic (exact) mass is 301 g/mol. The Bertz CT molecular complexity index is 658. The van der Waals surface area contributed by atoms with Crippen LogP contribution in [-0.4, -0.2) is 31.4 Å². The van der Waals surface area contributed by atoms with Gasteiger partial charge in [0.2, 0.25) is 0 Å². The zero-order chi connectivity index (χ0) is 16.1. The Hall–Kier alpha value is -2.40. The normalized spacial score (nSPS) is 12.0. The zero-order valence-electron chi connectivity index (χ0n) is 12.9.